The van der Waals surface area contributed by atoms with Crippen LogP contribution in [0.5, 0.6) is 0 Å². The molecule has 1 heterocycles. The third-order valence-electron chi connectivity index (χ3n) is 3.57. The Labute approximate surface area is 145 Å². The second-order valence-corrected chi connectivity index (χ2v) is 5.64. The molecule has 6 heteroatoms. The minimum Gasteiger partial charge on any atom is -0.350 e. The van der Waals surface area contributed by atoms with Crippen LogP contribution in [0.1, 0.15) is 23.7 Å². The molecule has 1 aromatic heterocycles. The molecular weight excluding hydrogens is 324 g/mol. The van der Waals surface area contributed by atoms with Crippen molar-refractivity contribution in [2.75, 3.05) is 5.32 Å². The summed E-state index contributed by atoms with van der Waals surface area (Å²) in [6.45, 7) is 2.26. The quantitative estimate of drug-likeness (QED) is 0.753. The number of halogens is 1. The third kappa shape index (κ3) is 3.46. The van der Waals surface area contributed by atoms with Gasteiger partial charge in [0.05, 0.1) is 0 Å². The van der Waals surface area contributed by atoms with Gasteiger partial charge >= 0.3 is 0 Å². The number of aromatic nitrogens is 3. The molecule has 3 rings (SSSR count). The fraction of sp³-hybridized carbons (Fsp3) is 0.167. The highest BCUT2D eigenvalue weighted by Crippen LogP contribution is 2.20. The Morgan fingerprint density at radius 2 is 1.83 bits per heavy atom. The number of carbonyl (C=O) groups excluding carboxylic acids is 1. The number of nitrogens with zero attached hydrogens (tertiary/aromatic N) is 3. The average Bonchev–Trinajstić information content (AvgIpc) is 3.05. The van der Waals surface area contributed by atoms with E-state index in [0.717, 1.165) is 11.1 Å². The van der Waals surface area contributed by atoms with Crippen LogP contribution in [0.15, 0.2) is 54.6 Å². The van der Waals surface area contributed by atoms with Crippen molar-refractivity contribution in [2.45, 2.75) is 19.9 Å². The van der Waals surface area contributed by atoms with E-state index in [1.165, 1.54) is 4.68 Å². The van der Waals surface area contributed by atoms with E-state index in [1.54, 1.807) is 6.92 Å². The van der Waals surface area contributed by atoms with E-state index in [-0.39, 0.29) is 5.91 Å². The number of hydrogen-bond donors (Lipinski definition) is 1. The minimum atomic E-state index is -0.119. The molecule has 1 N–H and O–H groups in total. The molecule has 0 saturated heterocycles. The van der Waals surface area contributed by atoms with Crippen LogP contribution in [-0.2, 0) is 6.54 Å². The average molecular weight is 341 g/mol. The van der Waals surface area contributed by atoms with E-state index in [4.69, 9.17) is 11.6 Å². The molecule has 0 radical (unpaired) electrons. The summed E-state index contributed by atoms with van der Waals surface area (Å²) >= 11 is 6.17. The molecule has 0 saturated carbocycles. The van der Waals surface area contributed by atoms with Crippen LogP contribution >= 0.6 is 11.6 Å². The van der Waals surface area contributed by atoms with Crippen molar-refractivity contribution >= 4 is 23.5 Å². The molecule has 0 atom stereocenters. The Balaban J connectivity index is 1.89. The lowest BCUT2D eigenvalue weighted by Gasteiger charge is -2.07. The summed E-state index contributed by atoms with van der Waals surface area (Å²) in [4.78, 5) is 16.6. The van der Waals surface area contributed by atoms with Gasteiger partial charge in [-0.05, 0) is 11.6 Å². The van der Waals surface area contributed by atoms with Gasteiger partial charge in [-0.15, -0.1) is 5.10 Å². The van der Waals surface area contributed by atoms with Gasteiger partial charge in [-0.1, -0.05) is 67.1 Å². The molecule has 0 aliphatic heterocycles. The molecule has 5 nitrogen and oxygen atoms in total. The number of benzene rings is 2. The molecule has 3 aromatic rings. The summed E-state index contributed by atoms with van der Waals surface area (Å²) in [5, 5.41) is 8.17. The van der Waals surface area contributed by atoms with Crippen LogP contribution in [0.25, 0.3) is 11.4 Å². The van der Waals surface area contributed by atoms with Crippen molar-refractivity contribution in [3.05, 3.63) is 65.2 Å². The Morgan fingerprint density at radius 1 is 1.12 bits per heavy atom. The van der Waals surface area contributed by atoms with Crippen LogP contribution in [0.3, 0.4) is 0 Å². The Kier molecular flexibility index (Phi) is 4.91. The van der Waals surface area contributed by atoms with Gasteiger partial charge in [-0.2, -0.15) is 9.67 Å². The number of rotatable bonds is 5. The van der Waals surface area contributed by atoms with Crippen LogP contribution in [0, 0.1) is 0 Å². The van der Waals surface area contributed by atoms with E-state index in [9.17, 15) is 4.79 Å². The molecule has 0 unspecified atom stereocenters. The second kappa shape index (κ2) is 7.27. The molecule has 122 valence electrons. The fourth-order valence-corrected chi connectivity index (χ4v) is 2.48. The number of carbonyl (C=O) groups is 1. The number of hydrogen-bond acceptors (Lipinski definition) is 4. The highest BCUT2D eigenvalue weighted by atomic mass is 35.5. The first kappa shape index (κ1) is 16.2. The maximum absolute atomic E-state index is 12.2. The summed E-state index contributed by atoms with van der Waals surface area (Å²) in [5.74, 6) is 0.811. The summed E-state index contributed by atoms with van der Waals surface area (Å²) in [7, 11) is 0. The predicted molar refractivity (Wildman–Crippen MR) is 95.2 cm³/mol. The van der Waals surface area contributed by atoms with Crippen LogP contribution in [-0.4, -0.2) is 20.7 Å². The van der Waals surface area contributed by atoms with Crippen molar-refractivity contribution in [2.24, 2.45) is 0 Å². The van der Waals surface area contributed by atoms with Crippen molar-refractivity contribution in [3.8, 4) is 11.4 Å². The van der Waals surface area contributed by atoms with Crippen LogP contribution < -0.4 is 5.32 Å². The maximum Gasteiger partial charge on any atom is 0.249 e. The van der Waals surface area contributed by atoms with Crippen molar-refractivity contribution in [1.29, 1.82) is 0 Å². The molecule has 0 aliphatic rings. The largest absolute Gasteiger partial charge is 0.350 e. The number of nitrogens with one attached hydrogen (secondary N) is 1. The van der Waals surface area contributed by atoms with E-state index < -0.39 is 0 Å². The molecule has 0 amide bonds. The Morgan fingerprint density at radius 3 is 2.54 bits per heavy atom. The zero-order valence-electron chi connectivity index (χ0n) is 13.2. The summed E-state index contributed by atoms with van der Waals surface area (Å²) in [5.41, 5.74) is 1.79. The first-order valence-corrected chi connectivity index (χ1v) is 8.09. The van der Waals surface area contributed by atoms with Gasteiger partial charge in [-0.25, -0.2) is 0 Å². The molecular formula is C18H17ClN4O. The predicted octanol–water partition coefficient (Wildman–Crippen LogP) is 4.26. The van der Waals surface area contributed by atoms with Crippen LogP contribution in [0.4, 0.5) is 5.95 Å². The lowest BCUT2D eigenvalue weighted by molar-refractivity contribution is 0.0895. The smallest absolute Gasteiger partial charge is 0.249 e. The van der Waals surface area contributed by atoms with Gasteiger partial charge in [0.2, 0.25) is 11.9 Å². The highest BCUT2D eigenvalue weighted by Gasteiger charge is 2.16. The lowest BCUT2D eigenvalue weighted by Crippen LogP contribution is -2.15. The molecule has 0 spiro atoms. The maximum atomic E-state index is 12.2. The first-order chi connectivity index (χ1) is 11.7. The van der Waals surface area contributed by atoms with Gasteiger partial charge in [0.15, 0.2) is 5.82 Å². The summed E-state index contributed by atoms with van der Waals surface area (Å²) in [6, 6.07) is 17.1. The standard InChI is InChI=1S/C18H17ClN4O/c1-2-16(24)23-18(20-12-14-10-6-7-11-15(14)19)21-17(22-23)13-8-4-3-5-9-13/h3-11H,2,12H2,1H3,(H,20,21,22). The molecule has 2 aromatic carbocycles. The molecule has 24 heavy (non-hydrogen) atoms. The van der Waals surface area contributed by atoms with Gasteiger partial charge in [0.25, 0.3) is 0 Å². The van der Waals surface area contributed by atoms with Gasteiger partial charge in [0, 0.05) is 23.6 Å². The SMILES string of the molecule is CCC(=O)n1nc(-c2ccccc2)nc1NCc1ccccc1Cl. The second-order valence-electron chi connectivity index (χ2n) is 5.23. The third-order valence-corrected chi connectivity index (χ3v) is 3.94. The Hall–Kier alpha value is -2.66. The van der Waals surface area contributed by atoms with E-state index in [2.05, 4.69) is 15.4 Å². The van der Waals surface area contributed by atoms with Crippen molar-refractivity contribution < 1.29 is 4.79 Å². The lowest BCUT2D eigenvalue weighted by atomic mass is 10.2. The minimum absolute atomic E-state index is 0.119. The molecule has 0 aliphatic carbocycles. The zero-order valence-corrected chi connectivity index (χ0v) is 14.0. The van der Waals surface area contributed by atoms with Gasteiger partial charge in [0.1, 0.15) is 0 Å². The summed E-state index contributed by atoms with van der Waals surface area (Å²) in [6.07, 6.45) is 0.346. The van der Waals surface area contributed by atoms with Crippen molar-refractivity contribution in [3.63, 3.8) is 0 Å². The highest BCUT2D eigenvalue weighted by molar-refractivity contribution is 6.31. The monoisotopic (exact) mass is 340 g/mol. The zero-order chi connectivity index (χ0) is 16.9. The first-order valence-electron chi connectivity index (χ1n) is 7.72. The van der Waals surface area contributed by atoms with E-state index in [1.807, 2.05) is 54.6 Å². The van der Waals surface area contributed by atoms with E-state index in [0.29, 0.717) is 29.8 Å². The van der Waals surface area contributed by atoms with Crippen LogP contribution in [0.2, 0.25) is 5.02 Å². The normalized spacial score (nSPS) is 10.6. The number of anilines is 1. The molecule has 0 fully saturated rings. The molecule has 0 bridgehead atoms. The summed E-state index contributed by atoms with van der Waals surface area (Å²) < 4.78 is 1.32. The van der Waals surface area contributed by atoms with Crippen molar-refractivity contribution in [1.82, 2.24) is 14.8 Å². The van der Waals surface area contributed by atoms with Gasteiger partial charge < -0.3 is 5.32 Å². The van der Waals surface area contributed by atoms with Gasteiger partial charge in [-0.3, -0.25) is 4.79 Å². The fourth-order valence-electron chi connectivity index (χ4n) is 2.28. The Bertz CT molecular complexity index is 845. The topological polar surface area (TPSA) is 59.8 Å². The van der Waals surface area contributed by atoms with E-state index >= 15 is 0 Å².